The van der Waals surface area contributed by atoms with Crippen LogP contribution in [0, 0.1) is 5.92 Å². The maximum absolute atomic E-state index is 11.4. The zero-order chi connectivity index (χ0) is 18.6. The number of carbonyl (C=O) groups is 1. The highest BCUT2D eigenvalue weighted by molar-refractivity contribution is 5.95. The molecule has 2 N–H and O–H groups in total. The largest absolute Gasteiger partial charge is 0.478 e. The molecule has 7 heteroatoms. The van der Waals surface area contributed by atoms with Crippen molar-refractivity contribution in [2.75, 3.05) is 0 Å². The molecule has 0 radical (unpaired) electrons. The first kappa shape index (κ1) is 17.7. The molecule has 27 heavy (non-hydrogen) atoms. The molecule has 0 aliphatic heterocycles. The summed E-state index contributed by atoms with van der Waals surface area (Å²) < 4.78 is 2.19. The molecule has 4 rings (SSSR count). The topological polar surface area (TPSA) is 96.7 Å². The summed E-state index contributed by atoms with van der Waals surface area (Å²) in [5.74, 6) is 0.608. The second kappa shape index (κ2) is 7.90. The molecule has 7 nitrogen and oxygen atoms in total. The number of nitrogens with zero attached hydrogens (tertiary/aromatic N) is 4. The number of carboxylic acid groups (broad SMARTS) is 1. The molecular formula is C20H25N5O2. The third kappa shape index (κ3) is 4.02. The van der Waals surface area contributed by atoms with Gasteiger partial charge in [-0.3, -0.25) is 0 Å². The second-order valence-corrected chi connectivity index (χ2v) is 7.51. The van der Waals surface area contributed by atoms with Gasteiger partial charge in [0.25, 0.3) is 0 Å². The van der Waals surface area contributed by atoms with Crippen molar-refractivity contribution in [3.63, 3.8) is 0 Å². The van der Waals surface area contributed by atoms with E-state index in [2.05, 4.69) is 31.4 Å². The molecule has 0 saturated heterocycles. The normalized spacial score (nSPS) is 15.4. The molecule has 1 saturated carbocycles. The Labute approximate surface area is 157 Å². The fourth-order valence-corrected chi connectivity index (χ4v) is 4.23. The average molecular weight is 367 g/mol. The maximum Gasteiger partial charge on any atom is 0.335 e. The SMILES string of the molecule is O=C(O)c1ccc2c(c1)c(CCC1CCCCC1)cn2CCc1nn[nH]n1. The lowest BCUT2D eigenvalue weighted by molar-refractivity contribution is 0.0697. The Bertz CT molecular complexity index is 910. The van der Waals surface area contributed by atoms with Gasteiger partial charge in [-0.1, -0.05) is 37.3 Å². The fourth-order valence-electron chi connectivity index (χ4n) is 4.23. The number of benzene rings is 1. The summed E-state index contributed by atoms with van der Waals surface area (Å²) in [6.45, 7) is 0.742. The van der Waals surface area contributed by atoms with E-state index in [4.69, 9.17) is 0 Å². The van der Waals surface area contributed by atoms with Gasteiger partial charge in [-0.2, -0.15) is 5.21 Å². The molecule has 2 heterocycles. The van der Waals surface area contributed by atoms with Crippen LogP contribution < -0.4 is 0 Å². The zero-order valence-corrected chi connectivity index (χ0v) is 15.4. The molecule has 0 spiro atoms. The molecule has 0 amide bonds. The minimum absolute atomic E-state index is 0.345. The van der Waals surface area contributed by atoms with Crippen molar-refractivity contribution < 1.29 is 9.90 Å². The quantitative estimate of drug-likeness (QED) is 0.665. The van der Waals surface area contributed by atoms with Crippen molar-refractivity contribution in [3.8, 4) is 0 Å². The predicted molar refractivity (Wildman–Crippen MR) is 102 cm³/mol. The van der Waals surface area contributed by atoms with Gasteiger partial charge in [0.05, 0.1) is 5.56 Å². The van der Waals surface area contributed by atoms with E-state index in [1.807, 2.05) is 12.1 Å². The van der Waals surface area contributed by atoms with Crippen molar-refractivity contribution in [2.45, 2.75) is 57.9 Å². The first-order valence-corrected chi connectivity index (χ1v) is 9.78. The molecule has 0 unspecified atom stereocenters. The van der Waals surface area contributed by atoms with Gasteiger partial charge >= 0.3 is 5.97 Å². The molecule has 1 fully saturated rings. The number of fused-ring (bicyclic) bond motifs is 1. The number of H-pyrrole nitrogens is 1. The van der Waals surface area contributed by atoms with Gasteiger partial charge in [0.15, 0.2) is 5.82 Å². The summed E-state index contributed by atoms with van der Waals surface area (Å²) in [4.78, 5) is 11.4. The summed E-state index contributed by atoms with van der Waals surface area (Å²) in [5.41, 5.74) is 2.66. The lowest BCUT2D eigenvalue weighted by Crippen LogP contribution is -2.07. The van der Waals surface area contributed by atoms with Crippen molar-refractivity contribution in [3.05, 3.63) is 41.3 Å². The van der Waals surface area contributed by atoms with Crippen LogP contribution in [-0.4, -0.2) is 36.3 Å². The van der Waals surface area contributed by atoms with Gasteiger partial charge in [-0.25, -0.2) is 4.79 Å². The van der Waals surface area contributed by atoms with Crippen molar-refractivity contribution >= 4 is 16.9 Å². The second-order valence-electron chi connectivity index (χ2n) is 7.51. The molecule has 0 atom stereocenters. The van der Waals surface area contributed by atoms with E-state index < -0.39 is 5.97 Å². The number of hydrogen-bond donors (Lipinski definition) is 2. The summed E-state index contributed by atoms with van der Waals surface area (Å²) in [6, 6.07) is 5.41. The number of tetrazole rings is 1. The molecule has 0 bridgehead atoms. The Hall–Kier alpha value is -2.70. The van der Waals surface area contributed by atoms with E-state index in [1.54, 1.807) is 6.07 Å². The number of aryl methyl sites for hydroxylation is 3. The minimum Gasteiger partial charge on any atom is -0.478 e. The van der Waals surface area contributed by atoms with E-state index >= 15 is 0 Å². The average Bonchev–Trinajstić information content (AvgIpc) is 3.33. The van der Waals surface area contributed by atoms with E-state index in [-0.39, 0.29) is 0 Å². The Morgan fingerprint density at radius 2 is 2.07 bits per heavy atom. The number of aromatic carboxylic acids is 1. The molecule has 1 aliphatic rings. The van der Waals surface area contributed by atoms with Crippen molar-refractivity contribution in [1.29, 1.82) is 0 Å². The van der Waals surface area contributed by atoms with E-state index in [0.717, 1.165) is 29.8 Å². The number of rotatable bonds is 7. The Kier molecular flexibility index (Phi) is 5.18. The first-order chi connectivity index (χ1) is 13.2. The van der Waals surface area contributed by atoms with Crippen LogP contribution in [0.1, 0.15) is 60.3 Å². The number of aromatic amines is 1. The lowest BCUT2D eigenvalue weighted by atomic mass is 9.85. The Morgan fingerprint density at radius 3 is 2.81 bits per heavy atom. The molecule has 3 aromatic rings. The van der Waals surface area contributed by atoms with Gasteiger partial charge < -0.3 is 9.67 Å². The van der Waals surface area contributed by atoms with Gasteiger partial charge in [-0.05, 0) is 42.5 Å². The summed E-state index contributed by atoms with van der Waals surface area (Å²) >= 11 is 0. The van der Waals surface area contributed by atoms with Crippen LogP contribution >= 0.6 is 0 Å². The predicted octanol–water partition coefficient (Wildman–Crippen LogP) is 3.61. The monoisotopic (exact) mass is 367 g/mol. The summed E-state index contributed by atoms with van der Waals surface area (Å²) in [7, 11) is 0. The van der Waals surface area contributed by atoms with Gasteiger partial charge in [0.1, 0.15) is 0 Å². The lowest BCUT2D eigenvalue weighted by Gasteiger charge is -2.21. The van der Waals surface area contributed by atoms with E-state index in [1.165, 1.54) is 44.1 Å². The van der Waals surface area contributed by atoms with Crippen molar-refractivity contribution in [1.82, 2.24) is 25.2 Å². The third-order valence-corrected chi connectivity index (χ3v) is 5.72. The van der Waals surface area contributed by atoms with Crippen LogP contribution in [0.4, 0.5) is 0 Å². The van der Waals surface area contributed by atoms with Crippen LogP contribution in [0.3, 0.4) is 0 Å². The standard InChI is InChI=1S/C20H25N5O2/c26-20(27)15-8-9-18-17(12-15)16(7-6-14-4-2-1-3-5-14)13-25(18)11-10-19-21-23-24-22-19/h8-9,12-14H,1-7,10-11H2,(H,26,27)(H,21,22,23,24). The first-order valence-electron chi connectivity index (χ1n) is 9.78. The van der Waals surface area contributed by atoms with Gasteiger partial charge in [0, 0.05) is 30.1 Å². The van der Waals surface area contributed by atoms with Crippen LogP contribution in [0.25, 0.3) is 10.9 Å². The molecule has 2 aromatic heterocycles. The highest BCUT2D eigenvalue weighted by atomic mass is 16.4. The number of aromatic nitrogens is 5. The number of nitrogens with one attached hydrogen (secondary N) is 1. The highest BCUT2D eigenvalue weighted by Crippen LogP contribution is 2.30. The summed E-state index contributed by atoms with van der Waals surface area (Å²) in [6.07, 6.45) is 11.8. The van der Waals surface area contributed by atoms with Crippen LogP contribution in [0.15, 0.2) is 24.4 Å². The molecular weight excluding hydrogens is 342 g/mol. The molecule has 142 valence electrons. The minimum atomic E-state index is -0.880. The fraction of sp³-hybridized carbons (Fsp3) is 0.500. The highest BCUT2D eigenvalue weighted by Gasteiger charge is 2.16. The van der Waals surface area contributed by atoms with Crippen molar-refractivity contribution in [2.24, 2.45) is 5.92 Å². The smallest absolute Gasteiger partial charge is 0.335 e. The van der Waals surface area contributed by atoms with E-state index in [9.17, 15) is 9.90 Å². The third-order valence-electron chi connectivity index (χ3n) is 5.72. The number of hydrogen-bond acceptors (Lipinski definition) is 4. The Morgan fingerprint density at radius 1 is 1.22 bits per heavy atom. The zero-order valence-electron chi connectivity index (χ0n) is 15.4. The summed E-state index contributed by atoms with van der Waals surface area (Å²) in [5, 5.41) is 24.5. The van der Waals surface area contributed by atoms with Crippen LogP contribution in [0.5, 0.6) is 0 Å². The number of carboxylic acids is 1. The molecule has 1 aromatic carbocycles. The van der Waals surface area contributed by atoms with Crippen LogP contribution in [0.2, 0.25) is 0 Å². The van der Waals surface area contributed by atoms with Gasteiger partial charge in [0.2, 0.25) is 0 Å². The maximum atomic E-state index is 11.4. The Balaban J connectivity index is 1.58. The van der Waals surface area contributed by atoms with Crippen LogP contribution in [-0.2, 0) is 19.4 Å². The van der Waals surface area contributed by atoms with E-state index in [0.29, 0.717) is 17.8 Å². The van der Waals surface area contributed by atoms with Gasteiger partial charge in [-0.15, -0.1) is 10.2 Å². The molecule has 1 aliphatic carbocycles.